The Hall–Kier alpha value is -5.19. The van der Waals surface area contributed by atoms with Crippen molar-refractivity contribution in [2.45, 2.75) is 106 Å². The van der Waals surface area contributed by atoms with Gasteiger partial charge in [-0.25, -0.2) is 22.2 Å². The zero-order valence-electron chi connectivity index (χ0n) is 30.6. The summed E-state index contributed by atoms with van der Waals surface area (Å²) in [6, 6.07) is 14.0. The first-order chi connectivity index (χ1) is 26.7. The Bertz CT molecular complexity index is 2330. The van der Waals surface area contributed by atoms with Crippen LogP contribution in [0.15, 0.2) is 59.1 Å². The van der Waals surface area contributed by atoms with Crippen LogP contribution < -0.4 is 20.1 Å². The molecule has 296 valence electrons. The molecule has 0 bridgehead atoms. The van der Waals surface area contributed by atoms with E-state index >= 15 is 8.78 Å². The predicted molar refractivity (Wildman–Crippen MR) is 198 cm³/mol. The van der Waals surface area contributed by atoms with Crippen molar-refractivity contribution in [2.75, 3.05) is 6.54 Å². The molecule has 2 saturated heterocycles. The fourth-order valence-corrected chi connectivity index (χ4v) is 9.44. The van der Waals surface area contributed by atoms with Crippen LogP contribution in [-0.2, 0) is 24.4 Å². The Morgan fingerprint density at radius 2 is 1.71 bits per heavy atom. The molecule has 4 aromatic rings. The third kappa shape index (κ3) is 7.52. The molecule has 2 aromatic heterocycles. The highest BCUT2D eigenvalue weighted by molar-refractivity contribution is 7.91. The zero-order chi connectivity index (χ0) is 39.4. The van der Waals surface area contributed by atoms with Gasteiger partial charge in [0.2, 0.25) is 33.6 Å². The number of hydrogen-bond donors (Lipinski definition) is 3. The van der Waals surface area contributed by atoms with Crippen LogP contribution in [0.1, 0.15) is 80.5 Å². The maximum atomic E-state index is 15.4. The van der Waals surface area contributed by atoms with Crippen molar-refractivity contribution in [3.63, 3.8) is 0 Å². The normalized spacial score (nSPS) is 27.0. The lowest BCUT2D eigenvalue weighted by atomic mass is 10.00. The molecule has 0 radical (unpaired) electrons. The molecular formula is C39H42F2N6O8S. The number of halogens is 2. The van der Waals surface area contributed by atoms with Crippen molar-refractivity contribution in [3.05, 3.63) is 66.1 Å². The summed E-state index contributed by atoms with van der Waals surface area (Å²) >= 11 is 0. The highest BCUT2D eigenvalue weighted by Crippen LogP contribution is 2.51. The van der Waals surface area contributed by atoms with Crippen LogP contribution in [0.4, 0.5) is 8.78 Å². The molecule has 4 fully saturated rings. The quantitative estimate of drug-likeness (QED) is 0.228. The average Bonchev–Trinajstić information content (AvgIpc) is 4.04. The second kappa shape index (κ2) is 14.4. The minimum absolute atomic E-state index is 0.0640. The number of sulfonamides is 1. The maximum Gasteiger partial charge on any atom is 0.274 e. The molecule has 2 saturated carbocycles. The fourth-order valence-electron chi connectivity index (χ4n) is 8.08. The highest BCUT2D eigenvalue weighted by Gasteiger charge is 2.65. The molecule has 17 heteroatoms. The standard InChI is InChI=1S/C39H42F2N6O8S/c1-22-17-31(45-55-22)33(48)42-30-13-3-2-8-16-38(40,41)19-23-20-39(23,37(51)46-56(52,53)25-14-15-25)44-34(49)32-18-24(21-47(32)36(30)50)54-35-28-11-5-4-9-26(28)27-10-6-7-12-29(27)43-35/h4-7,9-12,17,23-25,30,32H,2-3,8,13-16,18-21H2,1H3,(H,42,48)(H,44,49)(H,46,51). The molecular weight excluding hydrogens is 751 g/mol. The van der Waals surface area contributed by atoms with Crippen molar-refractivity contribution in [1.82, 2.24) is 30.4 Å². The van der Waals surface area contributed by atoms with Gasteiger partial charge in [0, 0.05) is 36.1 Å². The lowest BCUT2D eigenvalue weighted by molar-refractivity contribution is -0.141. The van der Waals surface area contributed by atoms with E-state index in [2.05, 4.69) is 15.8 Å². The molecule has 4 aliphatic rings. The molecule has 56 heavy (non-hydrogen) atoms. The van der Waals surface area contributed by atoms with Crippen LogP contribution in [0.2, 0.25) is 0 Å². The summed E-state index contributed by atoms with van der Waals surface area (Å²) in [5.41, 5.74) is -1.34. The molecule has 4 heterocycles. The number of aryl methyl sites for hydroxylation is 1. The van der Waals surface area contributed by atoms with E-state index in [9.17, 15) is 27.6 Å². The molecule has 2 aliphatic carbocycles. The Morgan fingerprint density at radius 3 is 2.45 bits per heavy atom. The summed E-state index contributed by atoms with van der Waals surface area (Å²) in [6.07, 6.45) is -0.839. The zero-order valence-corrected chi connectivity index (χ0v) is 31.4. The number of amides is 4. The molecule has 3 N–H and O–H groups in total. The van der Waals surface area contributed by atoms with Crippen molar-refractivity contribution < 1.29 is 45.6 Å². The molecule has 2 aliphatic heterocycles. The van der Waals surface area contributed by atoms with Gasteiger partial charge in [-0.15, -0.1) is 0 Å². The summed E-state index contributed by atoms with van der Waals surface area (Å²) in [4.78, 5) is 62.1. The van der Waals surface area contributed by atoms with Gasteiger partial charge in [-0.3, -0.25) is 23.9 Å². The number of fused-ring (bicyclic) bond motifs is 5. The van der Waals surface area contributed by atoms with Gasteiger partial charge in [0.25, 0.3) is 11.8 Å². The van der Waals surface area contributed by atoms with Gasteiger partial charge in [-0.1, -0.05) is 54.4 Å². The van der Waals surface area contributed by atoms with Crippen LogP contribution in [0.5, 0.6) is 5.88 Å². The van der Waals surface area contributed by atoms with Crippen LogP contribution in [-0.4, -0.2) is 88.5 Å². The third-order valence-electron chi connectivity index (χ3n) is 11.3. The molecule has 8 rings (SSSR count). The second-order valence-electron chi connectivity index (χ2n) is 15.5. The molecule has 5 atom stereocenters. The molecule has 2 aromatic carbocycles. The topological polar surface area (TPSA) is 190 Å². The van der Waals surface area contributed by atoms with Crippen molar-refractivity contribution >= 4 is 55.3 Å². The number of rotatable bonds is 7. The highest BCUT2D eigenvalue weighted by atomic mass is 32.2. The number of para-hydroxylation sites is 1. The first kappa shape index (κ1) is 37.7. The second-order valence-corrected chi connectivity index (χ2v) is 17.5. The smallest absolute Gasteiger partial charge is 0.274 e. The van der Waals surface area contributed by atoms with E-state index in [4.69, 9.17) is 14.2 Å². The molecule has 0 spiro atoms. The van der Waals surface area contributed by atoms with E-state index in [1.165, 1.54) is 11.0 Å². The van der Waals surface area contributed by atoms with Gasteiger partial charge in [0.1, 0.15) is 29.5 Å². The number of ether oxygens (including phenoxy) is 1. The van der Waals surface area contributed by atoms with E-state index in [-0.39, 0.29) is 43.8 Å². The summed E-state index contributed by atoms with van der Waals surface area (Å²) in [5.74, 6) is -6.85. The maximum absolute atomic E-state index is 15.4. The Kier molecular flexibility index (Phi) is 9.69. The predicted octanol–water partition coefficient (Wildman–Crippen LogP) is 4.30. The molecule has 4 amide bonds. The number of alkyl halides is 2. The number of aromatic nitrogens is 2. The summed E-state index contributed by atoms with van der Waals surface area (Å²) < 4.78 is 70.1. The number of hydrogen-bond acceptors (Lipinski definition) is 10. The lowest BCUT2D eigenvalue weighted by Gasteiger charge is -2.30. The van der Waals surface area contributed by atoms with E-state index in [0.29, 0.717) is 42.3 Å². The van der Waals surface area contributed by atoms with Gasteiger partial charge in [0.05, 0.1) is 17.3 Å². The monoisotopic (exact) mass is 792 g/mol. The Labute approximate surface area is 321 Å². The number of carbonyl (C=O) groups excluding carboxylic acids is 4. The number of carbonyl (C=O) groups is 4. The number of benzene rings is 2. The SMILES string of the molecule is Cc1cc(C(=O)NC2CCCCCC(F)(F)CC3CC3(C(=O)NS(=O)(=O)C3CC3)NC(=O)C3CC(Oc4nc5ccccc5c5ccccc45)CN3C2=O)no1. The van der Waals surface area contributed by atoms with Crippen molar-refractivity contribution in [1.29, 1.82) is 0 Å². The average molecular weight is 793 g/mol. The Morgan fingerprint density at radius 1 is 0.982 bits per heavy atom. The third-order valence-corrected chi connectivity index (χ3v) is 13.1. The largest absolute Gasteiger partial charge is 0.472 e. The van der Waals surface area contributed by atoms with Gasteiger partial charge in [0.15, 0.2) is 5.69 Å². The van der Waals surface area contributed by atoms with Crippen molar-refractivity contribution in [2.24, 2.45) is 5.92 Å². The first-order valence-electron chi connectivity index (χ1n) is 19.0. The Balaban J connectivity index is 1.14. The van der Waals surface area contributed by atoms with E-state index in [1.54, 1.807) is 6.92 Å². The van der Waals surface area contributed by atoms with Crippen LogP contribution >= 0.6 is 0 Å². The fraction of sp³-hybridized carbons (Fsp3) is 0.487. The minimum atomic E-state index is -4.08. The summed E-state index contributed by atoms with van der Waals surface area (Å²) in [6.45, 7) is 1.49. The molecule has 5 unspecified atom stereocenters. The number of pyridine rings is 1. The molecule has 14 nitrogen and oxygen atoms in total. The van der Waals surface area contributed by atoms with E-state index in [1.807, 2.05) is 53.3 Å². The minimum Gasteiger partial charge on any atom is -0.472 e. The van der Waals surface area contributed by atoms with E-state index < -0.39 is 87.3 Å². The van der Waals surface area contributed by atoms with Crippen LogP contribution in [0.25, 0.3) is 21.7 Å². The lowest BCUT2D eigenvalue weighted by Crippen LogP contribution is -2.58. The van der Waals surface area contributed by atoms with Crippen LogP contribution in [0.3, 0.4) is 0 Å². The van der Waals surface area contributed by atoms with Crippen LogP contribution in [0, 0.1) is 12.8 Å². The number of nitrogens with zero attached hydrogens (tertiary/aromatic N) is 3. The van der Waals surface area contributed by atoms with E-state index in [0.717, 1.165) is 10.8 Å². The van der Waals surface area contributed by atoms with Gasteiger partial charge in [-0.05, 0) is 62.5 Å². The number of nitrogens with one attached hydrogen (secondary N) is 3. The first-order valence-corrected chi connectivity index (χ1v) is 20.5. The van der Waals surface area contributed by atoms with Gasteiger partial charge in [-0.2, -0.15) is 0 Å². The summed E-state index contributed by atoms with van der Waals surface area (Å²) in [7, 11) is -4.08. The van der Waals surface area contributed by atoms with Gasteiger partial charge >= 0.3 is 0 Å². The van der Waals surface area contributed by atoms with Gasteiger partial charge < -0.3 is 24.8 Å². The summed E-state index contributed by atoms with van der Waals surface area (Å²) in [5, 5.41) is 10.8. The van der Waals surface area contributed by atoms with Crippen molar-refractivity contribution in [3.8, 4) is 5.88 Å².